The molecule has 0 amide bonds. The summed E-state index contributed by atoms with van der Waals surface area (Å²) >= 11 is 0. The summed E-state index contributed by atoms with van der Waals surface area (Å²) in [5, 5.41) is 5.71. The summed E-state index contributed by atoms with van der Waals surface area (Å²) in [6.45, 7) is 2.96. The van der Waals surface area contributed by atoms with Crippen LogP contribution in [0.25, 0.3) is 22.0 Å². The highest BCUT2D eigenvalue weighted by Crippen LogP contribution is 2.28. The molecular formula is C26H27N3O3. The number of para-hydroxylation sites is 1. The van der Waals surface area contributed by atoms with Crippen molar-refractivity contribution < 1.29 is 14.3 Å². The lowest BCUT2D eigenvalue weighted by Crippen LogP contribution is -2.09. The zero-order valence-corrected chi connectivity index (χ0v) is 18.4. The predicted octanol–water partition coefficient (Wildman–Crippen LogP) is 4.38. The Kier molecular flexibility index (Phi) is 6.52. The Morgan fingerprint density at radius 1 is 1.03 bits per heavy atom. The van der Waals surface area contributed by atoms with Crippen LogP contribution in [0, 0.1) is 0 Å². The Morgan fingerprint density at radius 3 is 2.66 bits per heavy atom. The topological polar surface area (TPSA) is 79.4 Å². The predicted molar refractivity (Wildman–Crippen MR) is 125 cm³/mol. The Morgan fingerprint density at radius 2 is 1.84 bits per heavy atom. The summed E-state index contributed by atoms with van der Waals surface area (Å²) in [6, 6.07) is 22.1. The molecule has 164 valence electrons. The van der Waals surface area contributed by atoms with Gasteiger partial charge in [-0.15, -0.1) is 0 Å². The molecule has 0 aliphatic heterocycles. The van der Waals surface area contributed by atoms with Gasteiger partial charge in [-0.2, -0.15) is 5.10 Å². The van der Waals surface area contributed by atoms with Crippen LogP contribution in [0.4, 0.5) is 0 Å². The molecule has 0 aliphatic carbocycles. The van der Waals surface area contributed by atoms with Crippen molar-refractivity contribution in [2.75, 3.05) is 6.61 Å². The summed E-state index contributed by atoms with van der Waals surface area (Å²) in [5.74, 6) is 0.391. The van der Waals surface area contributed by atoms with Crippen LogP contribution in [0.3, 0.4) is 0 Å². The number of hydrogen-bond donors (Lipinski definition) is 1. The van der Waals surface area contributed by atoms with E-state index in [1.807, 2.05) is 48.1 Å². The van der Waals surface area contributed by atoms with Crippen molar-refractivity contribution in [3.05, 3.63) is 83.6 Å². The molecule has 1 aromatic heterocycles. The molecule has 1 heterocycles. The van der Waals surface area contributed by atoms with E-state index in [0.717, 1.165) is 38.9 Å². The first-order valence-corrected chi connectivity index (χ1v) is 10.7. The van der Waals surface area contributed by atoms with E-state index in [1.165, 1.54) is 0 Å². The van der Waals surface area contributed by atoms with E-state index in [4.69, 9.17) is 15.2 Å². The molecular weight excluding hydrogens is 402 g/mol. The number of rotatable bonds is 8. The Balaban J connectivity index is 1.61. The van der Waals surface area contributed by atoms with Gasteiger partial charge in [-0.25, -0.2) is 0 Å². The van der Waals surface area contributed by atoms with E-state index in [-0.39, 0.29) is 12.4 Å². The fourth-order valence-electron chi connectivity index (χ4n) is 3.81. The highest BCUT2D eigenvalue weighted by molar-refractivity contribution is 5.87. The lowest BCUT2D eigenvalue weighted by atomic mass is 10.0. The maximum Gasteiger partial charge on any atom is 0.310 e. The minimum absolute atomic E-state index is 0.175. The molecule has 0 spiro atoms. The fraction of sp³-hybridized carbons (Fsp3) is 0.231. The first kappa shape index (κ1) is 21.6. The first-order chi connectivity index (χ1) is 15.6. The lowest BCUT2D eigenvalue weighted by molar-refractivity contribution is -0.142. The average Bonchev–Trinajstić information content (AvgIpc) is 3.13. The largest absolute Gasteiger partial charge is 0.487 e. The summed E-state index contributed by atoms with van der Waals surface area (Å²) in [7, 11) is 1.93. The third-order valence-corrected chi connectivity index (χ3v) is 5.40. The number of hydrogen-bond acceptors (Lipinski definition) is 5. The molecule has 0 aliphatic rings. The number of fused-ring (bicyclic) bond motifs is 1. The Bertz CT molecular complexity index is 1250. The average molecular weight is 430 g/mol. The number of aryl methyl sites for hydroxylation is 1. The second-order valence-electron chi connectivity index (χ2n) is 7.58. The molecule has 0 fully saturated rings. The van der Waals surface area contributed by atoms with Gasteiger partial charge in [0.2, 0.25) is 0 Å². The van der Waals surface area contributed by atoms with E-state index < -0.39 is 0 Å². The third-order valence-electron chi connectivity index (χ3n) is 5.40. The number of ether oxygens (including phenoxy) is 2. The molecule has 32 heavy (non-hydrogen) atoms. The van der Waals surface area contributed by atoms with Gasteiger partial charge in [-0.05, 0) is 47.9 Å². The van der Waals surface area contributed by atoms with Gasteiger partial charge in [0.05, 0.1) is 18.5 Å². The summed E-state index contributed by atoms with van der Waals surface area (Å²) < 4.78 is 13.0. The monoisotopic (exact) mass is 429 g/mol. The van der Waals surface area contributed by atoms with Crippen LogP contribution in [0.5, 0.6) is 5.75 Å². The molecule has 3 aromatic carbocycles. The smallest absolute Gasteiger partial charge is 0.310 e. The van der Waals surface area contributed by atoms with Gasteiger partial charge < -0.3 is 15.2 Å². The third kappa shape index (κ3) is 4.65. The van der Waals surface area contributed by atoms with Crippen molar-refractivity contribution >= 4 is 16.9 Å². The molecule has 0 unspecified atom stereocenters. The van der Waals surface area contributed by atoms with Crippen LogP contribution in [-0.4, -0.2) is 22.4 Å². The molecule has 4 rings (SSSR count). The van der Waals surface area contributed by atoms with Gasteiger partial charge in [0.25, 0.3) is 0 Å². The fourth-order valence-corrected chi connectivity index (χ4v) is 3.81. The molecule has 0 saturated heterocycles. The molecule has 0 atom stereocenters. The zero-order valence-electron chi connectivity index (χ0n) is 18.4. The molecule has 6 heteroatoms. The number of aromatic nitrogens is 2. The van der Waals surface area contributed by atoms with E-state index >= 15 is 0 Å². The van der Waals surface area contributed by atoms with Crippen molar-refractivity contribution in [3.8, 4) is 16.9 Å². The van der Waals surface area contributed by atoms with Crippen molar-refractivity contribution in [1.82, 2.24) is 9.78 Å². The van der Waals surface area contributed by atoms with Gasteiger partial charge in [-0.1, -0.05) is 42.5 Å². The second-order valence-corrected chi connectivity index (χ2v) is 7.58. The number of nitrogens with zero attached hydrogens (tertiary/aromatic N) is 2. The van der Waals surface area contributed by atoms with Crippen molar-refractivity contribution in [1.29, 1.82) is 0 Å². The Hall–Kier alpha value is -3.64. The van der Waals surface area contributed by atoms with Crippen LogP contribution in [0.2, 0.25) is 0 Å². The lowest BCUT2D eigenvalue weighted by Gasteiger charge is -2.10. The van der Waals surface area contributed by atoms with Crippen LogP contribution < -0.4 is 10.5 Å². The van der Waals surface area contributed by atoms with E-state index in [9.17, 15) is 4.79 Å². The molecule has 0 saturated carbocycles. The number of benzene rings is 3. The van der Waals surface area contributed by atoms with E-state index in [2.05, 4.69) is 35.4 Å². The van der Waals surface area contributed by atoms with Crippen LogP contribution in [-0.2, 0) is 36.2 Å². The van der Waals surface area contributed by atoms with Crippen molar-refractivity contribution in [2.45, 2.75) is 26.5 Å². The zero-order chi connectivity index (χ0) is 22.5. The van der Waals surface area contributed by atoms with Crippen LogP contribution in [0.15, 0.2) is 66.7 Å². The number of nitrogens with two attached hydrogens (primary N) is 1. The van der Waals surface area contributed by atoms with E-state index in [0.29, 0.717) is 25.5 Å². The maximum absolute atomic E-state index is 11.9. The molecule has 4 aromatic rings. The van der Waals surface area contributed by atoms with Gasteiger partial charge in [0.1, 0.15) is 18.1 Å². The molecule has 6 nitrogen and oxygen atoms in total. The number of carbonyl (C=O) groups excluding carboxylic acids is 1. The SMILES string of the molecule is CCOC(=O)Cc1ccccc1OCc1nn(C)c2ccc(-c3cccc(CN)c3)cc12. The normalized spacial score (nSPS) is 11.0. The number of carbonyl (C=O) groups is 1. The molecule has 2 N–H and O–H groups in total. The first-order valence-electron chi connectivity index (χ1n) is 10.7. The highest BCUT2D eigenvalue weighted by atomic mass is 16.5. The molecule has 0 bridgehead atoms. The van der Waals surface area contributed by atoms with Gasteiger partial charge in [0, 0.05) is 24.5 Å². The van der Waals surface area contributed by atoms with Crippen LogP contribution >= 0.6 is 0 Å². The molecule has 0 radical (unpaired) electrons. The van der Waals surface area contributed by atoms with Gasteiger partial charge in [-0.3, -0.25) is 9.48 Å². The standard InChI is InChI=1S/C26H27N3O3/c1-3-31-26(30)15-21-8-4-5-10-25(21)32-17-23-22-14-20(11-12-24(22)29(2)28-23)19-9-6-7-18(13-19)16-27/h4-14H,3,15-17,27H2,1-2H3. The quantitative estimate of drug-likeness (QED) is 0.421. The highest BCUT2D eigenvalue weighted by Gasteiger charge is 2.14. The van der Waals surface area contributed by atoms with Crippen molar-refractivity contribution in [3.63, 3.8) is 0 Å². The number of esters is 1. The van der Waals surface area contributed by atoms with Gasteiger partial charge in [0.15, 0.2) is 0 Å². The summed E-state index contributed by atoms with van der Waals surface area (Å²) in [4.78, 5) is 11.9. The van der Waals surface area contributed by atoms with Crippen LogP contribution in [0.1, 0.15) is 23.7 Å². The minimum Gasteiger partial charge on any atom is -0.487 e. The van der Waals surface area contributed by atoms with E-state index in [1.54, 1.807) is 6.92 Å². The van der Waals surface area contributed by atoms with Gasteiger partial charge >= 0.3 is 5.97 Å². The Labute approximate surface area is 187 Å². The van der Waals surface area contributed by atoms with Crippen molar-refractivity contribution in [2.24, 2.45) is 12.8 Å². The maximum atomic E-state index is 11.9. The summed E-state index contributed by atoms with van der Waals surface area (Å²) in [5.41, 5.74) is 11.8. The summed E-state index contributed by atoms with van der Waals surface area (Å²) in [6.07, 6.45) is 0.175. The second kappa shape index (κ2) is 9.66. The minimum atomic E-state index is -0.267.